The van der Waals surface area contributed by atoms with Gasteiger partial charge in [-0.15, -0.1) is 0 Å². The van der Waals surface area contributed by atoms with Crippen LogP contribution in [0.25, 0.3) is 0 Å². The first-order valence-corrected chi connectivity index (χ1v) is 11.2. The van der Waals surface area contributed by atoms with Crippen molar-refractivity contribution in [2.45, 2.75) is 70.6 Å². The molecule has 12 heteroatoms. The molecule has 2 aliphatic rings. The maximum atomic E-state index is 12.9. The molecule has 0 aromatic carbocycles. The van der Waals surface area contributed by atoms with Crippen molar-refractivity contribution in [1.82, 2.24) is 9.55 Å². The van der Waals surface area contributed by atoms with Gasteiger partial charge >= 0.3 is 19.5 Å². The number of carbonyl (C=O) groups excluding carboxylic acids is 1. The molecule has 1 aromatic heterocycles. The summed E-state index contributed by atoms with van der Waals surface area (Å²) in [5.74, 6) is -0.365. The summed E-state index contributed by atoms with van der Waals surface area (Å²) in [7, 11) is -3.90. The SMILES string of the molecule is Cc1ccn([C@@H]2O[C@@H]3CO[P@](=O)(OCCCC(=O)OC(C)C)O[C@H]3[C@@]2(C)N)c(=O)n1. The summed E-state index contributed by atoms with van der Waals surface area (Å²) in [5.41, 5.74) is 5.31. The summed E-state index contributed by atoms with van der Waals surface area (Å²) in [5, 5.41) is 0. The Bertz CT molecular complexity index is 886. The molecule has 5 atom stereocenters. The van der Waals surface area contributed by atoms with E-state index in [2.05, 4.69) is 4.98 Å². The molecule has 0 radical (unpaired) electrons. The molecule has 2 N–H and O–H groups in total. The van der Waals surface area contributed by atoms with Gasteiger partial charge in [0.1, 0.15) is 12.2 Å². The Hall–Kier alpha value is -1.62. The third-order valence-corrected chi connectivity index (χ3v) is 6.24. The lowest BCUT2D eigenvalue weighted by Gasteiger charge is -2.35. The summed E-state index contributed by atoms with van der Waals surface area (Å²) >= 11 is 0. The highest BCUT2D eigenvalue weighted by Crippen LogP contribution is 2.58. The van der Waals surface area contributed by atoms with E-state index in [-0.39, 0.29) is 31.7 Å². The minimum absolute atomic E-state index is 0.0191. The zero-order valence-corrected chi connectivity index (χ0v) is 18.4. The van der Waals surface area contributed by atoms with Crippen LogP contribution < -0.4 is 11.4 Å². The summed E-state index contributed by atoms with van der Waals surface area (Å²) in [4.78, 5) is 27.7. The molecule has 0 bridgehead atoms. The van der Waals surface area contributed by atoms with E-state index in [1.807, 2.05) is 0 Å². The predicted molar refractivity (Wildman–Crippen MR) is 105 cm³/mol. The molecule has 0 saturated carbocycles. The van der Waals surface area contributed by atoms with Gasteiger partial charge in [-0.05, 0) is 40.2 Å². The Balaban J connectivity index is 1.62. The summed E-state index contributed by atoms with van der Waals surface area (Å²) < 4.78 is 41.3. The number of esters is 1. The van der Waals surface area contributed by atoms with Gasteiger partial charge in [0, 0.05) is 18.3 Å². The van der Waals surface area contributed by atoms with Gasteiger partial charge in [0.25, 0.3) is 0 Å². The fourth-order valence-electron chi connectivity index (χ4n) is 3.39. The van der Waals surface area contributed by atoms with E-state index < -0.39 is 37.5 Å². The fourth-order valence-corrected chi connectivity index (χ4v) is 4.91. The topological polar surface area (TPSA) is 141 Å². The van der Waals surface area contributed by atoms with E-state index in [4.69, 9.17) is 28.8 Å². The number of rotatable bonds is 7. The van der Waals surface area contributed by atoms with E-state index >= 15 is 0 Å². The van der Waals surface area contributed by atoms with E-state index in [9.17, 15) is 14.2 Å². The predicted octanol–water partition coefficient (Wildman–Crippen LogP) is 1.44. The van der Waals surface area contributed by atoms with Crippen LogP contribution in [0.4, 0.5) is 0 Å². The van der Waals surface area contributed by atoms with E-state index in [0.717, 1.165) is 0 Å². The smallest absolute Gasteiger partial charge is 0.463 e. The molecular weight excluding hydrogens is 417 g/mol. The minimum atomic E-state index is -3.90. The van der Waals surface area contributed by atoms with Gasteiger partial charge in [0.05, 0.1) is 24.9 Å². The van der Waals surface area contributed by atoms with E-state index in [1.54, 1.807) is 40.0 Å². The lowest BCUT2D eigenvalue weighted by molar-refractivity contribution is -0.147. The van der Waals surface area contributed by atoms with Crippen molar-refractivity contribution < 1.29 is 32.4 Å². The average molecular weight is 445 g/mol. The number of nitrogens with zero attached hydrogens (tertiary/aromatic N) is 2. The molecule has 0 unspecified atom stereocenters. The quantitative estimate of drug-likeness (QED) is 0.372. The van der Waals surface area contributed by atoms with Crippen molar-refractivity contribution in [1.29, 1.82) is 0 Å². The molecule has 168 valence electrons. The summed E-state index contributed by atoms with van der Waals surface area (Å²) in [6.45, 7) is 6.77. The van der Waals surface area contributed by atoms with Crippen LogP contribution in [0, 0.1) is 6.92 Å². The number of hydrogen-bond donors (Lipinski definition) is 1. The molecule has 3 heterocycles. The Morgan fingerprint density at radius 2 is 2.23 bits per heavy atom. The highest BCUT2D eigenvalue weighted by Gasteiger charge is 2.59. The fraction of sp³-hybridized carbons (Fsp3) is 0.722. The van der Waals surface area contributed by atoms with Crippen molar-refractivity contribution in [3.63, 3.8) is 0 Å². The second kappa shape index (κ2) is 8.86. The standard InChI is InChI=1S/C18H28N3O8P/c1-11(2)27-14(22)6-5-9-25-30(24)26-10-13-15(29-30)18(4,19)16(28-13)21-8-7-12(3)20-17(21)23/h7-8,11,13,15-16H,5-6,9-10,19H2,1-4H3/t13-,15-,16-,18-,30+/m1/s1. The minimum Gasteiger partial charge on any atom is -0.463 e. The lowest BCUT2D eigenvalue weighted by atomic mass is 9.93. The molecule has 1 aromatic rings. The summed E-state index contributed by atoms with van der Waals surface area (Å²) in [6.07, 6.45) is -0.592. The van der Waals surface area contributed by atoms with Crippen molar-refractivity contribution in [3.8, 4) is 0 Å². The van der Waals surface area contributed by atoms with Crippen LogP contribution >= 0.6 is 7.82 Å². The number of fused-ring (bicyclic) bond motifs is 1. The zero-order chi connectivity index (χ0) is 22.1. The molecule has 0 aliphatic carbocycles. The molecule has 3 rings (SSSR count). The van der Waals surface area contributed by atoms with Crippen molar-refractivity contribution in [2.24, 2.45) is 5.73 Å². The highest BCUT2D eigenvalue weighted by molar-refractivity contribution is 7.48. The van der Waals surface area contributed by atoms with Crippen molar-refractivity contribution in [3.05, 3.63) is 28.4 Å². The van der Waals surface area contributed by atoms with Gasteiger partial charge in [-0.2, -0.15) is 4.98 Å². The maximum absolute atomic E-state index is 12.9. The number of phosphoric acid groups is 1. The molecular formula is C18H28N3O8P. The Kier molecular flexibility index (Phi) is 6.81. The molecule has 0 spiro atoms. The normalized spacial score (nSPS) is 33.5. The first-order valence-electron chi connectivity index (χ1n) is 9.79. The maximum Gasteiger partial charge on any atom is 0.475 e. The van der Waals surface area contributed by atoms with Crippen molar-refractivity contribution >= 4 is 13.8 Å². The number of nitrogens with two attached hydrogens (primary N) is 1. The Labute approximate surface area is 174 Å². The monoisotopic (exact) mass is 445 g/mol. The Morgan fingerprint density at radius 3 is 2.90 bits per heavy atom. The molecule has 2 fully saturated rings. The van der Waals surface area contributed by atoms with Gasteiger partial charge in [-0.1, -0.05) is 0 Å². The molecule has 0 amide bonds. The van der Waals surface area contributed by atoms with Crippen LogP contribution in [-0.2, 0) is 32.4 Å². The number of aromatic nitrogens is 2. The van der Waals surface area contributed by atoms with Crippen LogP contribution in [0.15, 0.2) is 17.1 Å². The van der Waals surface area contributed by atoms with E-state index in [0.29, 0.717) is 12.1 Å². The summed E-state index contributed by atoms with van der Waals surface area (Å²) in [6, 6.07) is 1.67. The number of carbonyl (C=O) groups is 1. The molecule has 2 aliphatic heterocycles. The molecule has 30 heavy (non-hydrogen) atoms. The number of aryl methyl sites for hydroxylation is 1. The third kappa shape index (κ3) is 4.99. The van der Waals surface area contributed by atoms with Gasteiger partial charge in [0.15, 0.2) is 6.23 Å². The Morgan fingerprint density at radius 1 is 1.50 bits per heavy atom. The largest absolute Gasteiger partial charge is 0.475 e. The molecule has 2 saturated heterocycles. The van der Waals surface area contributed by atoms with Crippen molar-refractivity contribution in [2.75, 3.05) is 13.2 Å². The number of phosphoric ester groups is 1. The second-order valence-corrected chi connectivity index (χ2v) is 9.52. The van der Waals surface area contributed by atoms with Crippen LogP contribution in [0.5, 0.6) is 0 Å². The first kappa shape index (κ1) is 23.1. The second-order valence-electron chi connectivity index (χ2n) is 7.90. The van der Waals surface area contributed by atoms with E-state index in [1.165, 1.54) is 4.57 Å². The van der Waals surface area contributed by atoms with Gasteiger partial charge in [-0.25, -0.2) is 9.36 Å². The molecule has 11 nitrogen and oxygen atoms in total. The van der Waals surface area contributed by atoms with Gasteiger partial charge in [0.2, 0.25) is 0 Å². The average Bonchev–Trinajstić information content (AvgIpc) is 2.89. The first-order chi connectivity index (χ1) is 14.0. The third-order valence-electron chi connectivity index (χ3n) is 4.79. The van der Waals surface area contributed by atoms with Crippen LogP contribution in [0.1, 0.15) is 45.5 Å². The van der Waals surface area contributed by atoms with Gasteiger partial charge in [-0.3, -0.25) is 22.9 Å². The lowest BCUT2D eigenvalue weighted by Crippen LogP contribution is -2.55. The van der Waals surface area contributed by atoms with Crippen LogP contribution in [0.2, 0.25) is 0 Å². The highest BCUT2D eigenvalue weighted by atomic mass is 31.2. The van der Waals surface area contributed by atoms with Gasteiger partial charge < -0.3 is 15.2 Å². The van der Waals surface area contributed by atoms with Crippen LogP contribution in [0.3, 0.4) is 0 Å². The number of hydrogen-bond acceptors (Lipinski definition) is 10. The zero-order valence-electron chi connectivity index (χ0n) is 17.5. The number of ether oxygens (including phenoxy) is 2. The van der Waals surface area contributed by atoms with Crippen LogP contribution in [-0.4, -0.2) is 52.6 Å².